The fourth-order valence-corrected chi connectivity index (χ4v) is 2.63. The minimum absolute atomic E-state index is 0.314. The number of hydrogen-bond acceptors (Lipinski definition) is 2. The molecule has 0 fully saturated rings. The molecule has 0 aliphatic rings. The summed E-state index contributed by atoms with van der Waals surface area (Å²) in [5.74, 6) is 0. The highest BCUT2D eigenvalue weighted by Crippen LogP contribution is 2.25. The maximum atomic E-state index is 11.9. The number of hydrogen-bond donors (Lipinski definition) is 0. The van der Waals surface area contributed by atoms with Crippen molar-refractivity contribution in [3.05, 3.63) is 28.3 Å². The Labute approximate surface area is 95.7 Å². The molecule has 0 atom stereocenters. The molecule has 0 saturated heterocycles. The van der Waals surface area contributed by atoms with E-state index in [1.54, 1.807) is 26.0 Å². The molecule has 0 aliphatic carbocycles. The van der Waals surface area contributed by atoms with Gasteiger partial charge >= 0.3 is 0 Å². The van der Waals surface area contributed by atoms with Gasteiger partial charge in [-0.3, -0.25) is 0 Å². The van der Waals surface area contributed by atoms with Gasteiger partial charge in [-0.2, -0.15) is 0 Å². The summed E-state index contributed by atoms with van der Waals surface area (Å²) < 4.78 is 25.0. The van der Waals surface area contributed by atoms with Crippen LogP contribution in [0.15, 0.2) is 17.0 Å². The molecule has 0 heterocycles. The molecule has 0 spiro atoms. The highest BCUT2D eigenvalue weighted by atomic mass is 35.5. The Kier molecular flexibility index (Phi) is 3.43. The molecule has 84 valence electrons. The topological polar surface area (TPSA) is 37.4 Å². The Balaban J connectivity index is 3.46. The summed E-state index contributed by atoms with van der Waals surface area (Å²) >= 11 is 5.91. The minimum Gasteiger partial charge on any atom is -0.207 e. The van der Waals surface area contributed by atoms with E-state index >= 15 is 0 Å². The van der Waals surface area contributed by atoms with Crippen molar-refractivity contribution >= 4 is 21.6 Å². The second-order valence-corrected chi connectivity index (χ2v) is 6.18. The molecule has 1 rings (SSSR count). The van der Waals surface area contributed by atoms with Gasteiger partial charge in [0, 0.05) is 19.1 Å². The summed E-state index contributed by atoms with van der Waals surface area (Å²) in [5, 5.41) is 0.588. The van der Waals surface area contributed by atoms with Crippen molar-refractivity contribution in [3.8, 4) is 0 Å². The third kappa shape index (κ3) is 2.33. The number of rotatable bonds is 2. The maximum absolute atomic E-state index is 11.9. The predicted molar refractivity (Wildman–Crippen MR) is 61.8 cm³/mol. The highest BCUT2D eigenvalue weighted by molar-refractivity contribution is 7.89. The summed E-state index contributed by atoms with van der Waals surface area (Å²) in [4.78, 5) is 0.314. The van der Waals surface area contributed by atoms with E-state index in [4.69, 9.17) is 11.6 Å². The van der Waals surface area contributed by atoms with Gasteiger partial charge in [0.2, 0.25) is 10.0 Å². The Morgan fingerprint density at radius 3 is 2.13 bits per heavy atom. The monoisotopic (exact) mass is 247 g/mol. The third-order valence-electron chi connectivity index (χ3n) is 2.21. The van der Waals surface area contributed by atoms with E-state index in [9.17, 15) is 8.42 Å². The molecule has 0 aliphatic heterocycles. The van der Waals surface area contributed by atoms with Crippen LogP contribution in [0.2, 0.25) is 5.02 Å². The maximum Gasteiger partial charge on any atom is 0.242 e. The number of aryl methyl sites for hydroxylation is 2. The van der Waals surface area contributed by atoms with Crippen molar-refractivity contribution < 1.29 is 8.42 Å². The fraction of sp³-hybridized carbons (Fsp3) is 0.400. The predicted octanol–water partition coefficient (Wildman–Crippen LogP) is 2.21. The largest absolute Gasteiger partial charge is 0.242 e. The molecule has 0 saturated carbocycles. The van der Waals surface area contributed by atoms with Crippen LogP contribution in [-0.4, -0.2) is 26.8 Å². The molecule has 0 bridgehead atoms. The van der Waals surface area contributed by atoms with Crippen molar-refractivity contribution in [1.82, 2.24) is 4.31 Å². The van der Waals surface area contributed by atoms with Crippen LogP contribution in [0.3, 0.4) is 0 Å². The first-order valence-corrected chi connectivity index (χ1v) is 6.28. The lowest BCUT2D eigenvalue weighted by Gasteiger charge is -2.14. The zero-order chi connectivity index (χ0) is 11.8. The molecule has 5 heteroatoms. The van der Waals surface area contributed by atoms with Crippen LogP contribution in [0.1, 0.15) is 11.1 Å². The summed E-state index contributed by atoms with van der Waals surface area (Å²) in [6.07, 6.45) is 0. The van der Waals surface area contributed by atoms with Crippen LogP contribution in [0.5, 0.6) is 0 Å². The zero-order valence-electron chi connectivity index (χ0n) is 9.20. The first-order chi connectivity index (χ1) is 6.76. The quantitative estimate of drug-likeness (QED) is 0.804. The molecule has 3 nitrogen and oxygen atoms in total. The Morgan fingerprint density at radius 2 is 1.67 bits per heavy atom. The Hall–Kier alpha value is -0.580. The Bertz CT molecular complexity index is 480. The lowest BCUT2D eigenvalue weighted by molar-refractivity contribution is 0.520. The molecule has 0 amide bonds. The van der Waals surface area contributed by atoms with E-state index in [-0.39, 0.29) is 0 Å². The van der Waals surface area contributed by atoms with Gasteiger partial charge in [-0.25, -0.2) is 12.7 Å². The van der Waals surface area contributed by atoms with E-state index in [1.807, 2.05) is 0 Å². The summed E-state index contributed by atoms with van der Waals surface area (Å²) in [5.41, 5.74) is 1.43. The Morgan fingerprint density at radius 1 is 1.13 bits per heavy atom. The van der Waals surface area contributed by atoms with E-state index in [0.29, 0.717) is 15.5 Å². The molecule has 0 N–H and O–H groups in total. The van der Waals surface area contributed by atoms with Gasteiger partial charge < -0.3 is 0 Å². The summed E-state index contributed by atoms with van der Waals surface area (Å²) in [6.45, 7) is 3.53. The molecular weight excluding hydrogens is 234 g/mol. The van der Waals surface area contributed by atoms with Crippen LogP contribution in [-0.2, 0) is 10.0 Å². The average Bonchev–Trinajstić information content (AvgIpc) is 2.10. The number of halogens is 1. The SMILES string of the molecule is Cc1cc(S(=O)(=O)N(C)C)c(C)cc1Cl. The van der Waals surface area contributed by atoms with E-state index in [0.717, 1.165) is 5.56 Å². The van der Waals surface area contributed by atoms with Gasteiger partial charge in [0.1, 0.15) is 0 Å². The van der Waals surface area contributed by atoms with Crippen LogP contribution in [0.25, 0.3) is 0 Å². The number of benzene rings is 1. The van der Waals surface area contributed by atoms with E-state index < -0.39 is 10.0 Å². The molecule has 1 aromatic rings. The average molecular weight is 248 g/mol. The van der Waals surface area contributed by atoms with Crippen LogP contribution >= 0.6 is 11.6 Å². The second kappa shape index (κ2) is 4.12. The van der Waals surface area contributed by atoms with Crippen molar-refractivity contribution in [2.45, 2.75) is 18.7 Å². The standard InChI is InChI=1S/C10H14ClNO2S/c1-7-6-10(8(2)5-9(7)11)15(13,14)12(3)4/h5-6H,1-4H3. The molecule has 0 aromatic heterocycles. The summed E-state index contributed by atoms with van der Waals surface area (Å²) in [7, 11) is -0.347. The van der Waals surface area contributed by atoms with Gasteiger partial charge in [-0.15, -0.1) is 0 Å². The molecule has 15 heavy (non-hydrogen) atoms. The van der Waals surface area contributed by atoms with Crippen molar-refractivity contribution in [3.63, 3.8) is 0 Å². The lowest BCUT2D eigenvalue weighted by atomic mass is 10.2. The first kappa shape index (κ1) is 12.5. The van der Waals surface area contributed by atoms with Gasteiger partial charge in [0.25, 0.3) is 0 Å². The second-order valence-electron chi connectivity index (χ2n) is 3.65. The van der Waals surface area contributed by atoms with Crippen molar-refractivity contribution in [1.29, 1.82) is 0 Å². The first-order valence-electron chi connectivity index (χ1n) is 4.46. The summed E-state index contributed by atoms with van der Waals surface area (Å²) in [6, 6.07) is 3.28. The van der Waals surface area contributed by atoms with Crippen molar-refractivity contribution in [2.75, 3.05) is 14.1 Å². The van der Waals surface area contributed by atoms with Gasteiger partial charge in [-0.1, -0.05) is 11.6 Å². The highest BCUT2D eigenvalue weighted by Gasteiger charge is 2.20. The molecule has 0 radical (unpaired) electrons. The van der Waals surface area contributed by atoms with Crippen LogP contribution in [0.4, 0.5) is 0 Å². The minimum atomic E-state index is -3.37. The normalized spacial score (nSPS) is 12.1. The number of sulfonamides is 1. The van der Waals surface area contributed by atoms with Crippen LogP contribution in [0, 0.1) is 13.8 Å². The van der Waals surface area contributed by atoms with E-state index in [1.165, 1.54) is 18.4 Å². The molecular formula is C10H14ClNO2S. The van der Waals surface area contributed by atoms with Crippen LogP contribution < -0.4 is 0 Å². The third-order valence-corrected chi connectivity index (χ3v) is 4.58. The lowest BCUT2D eigenvalue weighted by Crippen LogP contribution is -2.23. The van der Waals surface area contributed by atoms with Gasteiger partial charge in [0.05, 0.1) is 4.90 Å². The van der Waals surface area contributed by atoms with E-state index in [2.05, 4.69) is 0 Å². The van der Waals surface area contributed by atoms with Gasteiger partial charge in [0.15, 0.2) is 0 Å². The van der Waals surface area contributed by atoms with Gasteiger partial charge in [-0.05, 0) is 37.1 Å². The smallest absolute Gasteiger partial charge is 0.207 e. The number of nitrogens with zero attached hydrogens (tertiary/aromatic N) is 1. The zero-order valence-corrected chi connectivity index (χ0v) is 10.8. The molecule has 0 unspecified atom stereocenters. The fourth-order valence-electron chi connectivity index (χ4n) is 1.23. The van der Waals surface area contributed by atoms with Crippen molar-refractivity contribution in [2.24, 2.45) is 0 Å². The molecule has 1 aromatic carbocycles.